The highest BCUT2D eigenvalue weighted by atomic mass is 32.1. The molecular formula is C9H17N5S. The van der Waals surface area contributed by atoms with E-state index in [4.69, 9.17) is 5.73 Å². The van der Waals surface area contributed by atoms with Crippen molar-refractivity contribution in [1.29, 1.82) is 0 Å². The number of anilines is 1. The first-order chi connectivity index (χ1) is 7.16. The lowest BCUT2D eigenvalue weighted by atomic mass is 10.2. The van der Waals surface area contributed by atoms with Crippen molar-refractivity contribution in [3.05, 3.63) is 5.01 Å². The van der Waals surface area contributed by atoms with E-state index in [1.807, 2.05) is 0 Å². The molecule has 84 valence electrons. The molecule has 0 bridgehead atoms. The number of piperazine rings is 1. The maximum Gasteiger partial charge on any atom is 0.203 e. The van der Waals surface area contributed by atoms with E-state index >= 15 is 0 Å². The Balaban J connectivity index is 1.99. The summed E-state index contributed by atoms with van der Waals surface area (Å²) in [5, 5.41) is 9.54. The molecule has 1 fully saturated rings. The maximum atomic E-state index is 5.59. The summed E-state index contributed by atoms with van der Waals surface area (Å²) < 4.78 is 0. The van der Waals surface area contributed by atoms with Crippen LogP contribution >= 0.6 is 11.3 Å². The van der Waals surface area contributed by atoms with E-state index in [1.54, 1.807) is 0 Å². The molecule has 0 aromatic carbocycles. The molecule has 1 aliphatic heterocycles. The van der Waals surface area contributed by atoms with Crippen LogP contribution in [0, 0.1) is 0 Å². The normalized spacial score (nSPS) is 21.7. The van der Waals surface area contributed by atoms with Crippen molar-refractivity contribution in [3.8, 4) is 0 Å². The SMILES string of the molecule is CC(c1nnc(N)s1)N1CCN(C)CC1. The summed E-state index contributed by atoms with van der Waals surface area (Å²) in [6.45, 7) is 6.61. The minimum absolute atomic E-state index is 0.341. The second kappa shape index (κ2) is 4.42. The van der Waals surface area contributed by atoms with Crippen LogP contribution in [0.2, 0.25) is 0 Å². The van der Waals surface area contributed by atoms with Gasteiger partial charge in [-0.2, -0.15) is 0 Å². The zero-order chi connectivity index (χ0) is 10.8. The first kappa shape index (κ1) is 10.8. The third-order valence-corrected chi connectivity index (χ3v) is 3.82. The predicted molar refractivity (Wildman–Crippen MR) is 61.8 cm³/mol. The van der Waals surface area contributed by atoms with E-state index in [1.165, 1.54) is 11.3 Å². The molecule has 1 aliphatic rings. The Kier molecular flexibility index (Phi) is 3.18. The molecule has 0 spiro atoms. The Morgan fingerprint density at radius 1 is 1.27 bits per heavy atom. The quantitative estimate of drug-likeness (QED) is 0.794. The van der Waals surface area contributed by atoms with E-state index in [2.05, 4.69) is 34.0 Å². The van der Waals surface area contributed by atoms with Gasteiger partial charge in [0.1, 0.15) is 5.01 Å². The summed E-state index contributed by atoms with van der Waals surface area (Å²) in [4.78, 5) is 4.78. The van der Waals surface area contributed by atoms with Crippen molar-refractivity contribution in [3.63, 3.8) is 0 Å². The number of nitrogens with zero attached hydrogens (tertiary/aromatic N) is 4. The van der Waals surface area contributed by atoms with Gasteiger partial charge in [0.05, 0.1) is 6.04 Å². The van der Waals surface area contributed by atoms with Crippen molar-refractivity contribution in [2.45, 2.75) is 13.0 Å². The first-order valence-corrected chi connectivity index (χ1v) is 6.00. The monoisotopic (exact) mass is 227 g/mol. The van der Waals surface area contributed by atoms with Crippen LogP contribution in [0.5, 0.6) is 0 Å². The smallest absolute Gasteiger partial charge is 0.203 e. The lowest BCUT2D eigenvalue weighted by Crippen LogP contribution is -2.45. The van der Waals surface area contributed by atoms with Gasteiger partial charge in [0.2, 0.25) is 5.13 Å². The average Bonchev–Trinajstić information content (AvgIpc) is 2.65. The number of nitrogens with two attached hydrogens (primary N) is 1. The molecule has 2 rings (SSSR count). The Hall–Kier alpha value is -0.720. The molecule has 0 aliphatic carbocycles. The van der Waals surface area contributed by atoms with Crippen LogP contribution in [0.25, 0.3) is 0 Å². The van der Waals surface area contributed by atoms with E-state index in [0.29, 0.717) is 11.2 Å². The summed E-state index contributed by atoms with van der Waals surface area (Å²) in [6.07, 6.45) is 0. The molecule has 6 heteroatoms. The van der Waals surface area contributed by atoms with Gasteiger partial charge in [-0.15, -0.1) is 10.2 Å². The van der Waals surface area contributed by atoms with Crippen molar-refractivity contribution < 1.29 is 0 Å². The Labute approximate surface area is 93.9 Å². The first-order valence-electron chi connectivity index (χ1n) is 5.18. The van der Waals surface area contributed by atoms with Gasteiger partial charge in [0.15, 0.2) is 0 Å². The molecule has 1 unspecified atom stereocenters. The lowest BCUT2D eigenvalue weighted by molar-refractivity contribution is 0.118. The molecule has 1 saturated heterocycles. The van der Waals surface area contributed by atoms with Crippen LogP contribution < -0.4 is 5.73 Å². The zero-order valence-corrected chi connectivity index (χ0v) is 10.00. The van der Waals surface area contributed by atoms with Crippen LogP contribution in [0.15, 0.2) is 0 Å². The van der Waals surface area contributed by atoms with E-state index in [-0.39, 0.29) is 0 Å². The van der Waals surface area contributed by atoms with Gasteiger partial charge in [-0.05, 0) is 14.0 Å². The van der Waals surface area contributed by atoms with E-state index in [0.717, 1.165) is 31.2 Å². The Morgan fingerprint density at radius 3 is 2.47 bits per heavy atom. The molecule has 1 atom stereocenters. The van der Waals surface area contributed by atoms with Gasteiger partial charge in [0, 0.05) is 26.2 Å². The van der Waals surface area contributed by atoms with Crippen molar-refractivity contribution in [2.24, 2.45) is 0 Å². The van der Waals surface area contributed by atoms with E-state index in [9.17, 15) is 0 Å². The number of rotatable bonds is 2. The number of hydrogen-bond donors (Lipinski definition) is 1. The van der Waals surface area contributed by atoms with Crippen LogP contribution in [-0.4, -0.2) is 53.2 Å². The Morgan fingerprint density at radius 2 is 1.93 bits per heavy atom. The second-order valence-corrected chi connectivity index (χ2v) is 5.03. The minimum atomic E-state index is 0.341. The molecule has 2 heterocycles. The molecule has 2 N–H and O–H groups in total. The van der Waals surface area contributed by atoms with Crippen molar-refractivity contribution in [1.82, 2.24) is 20.0 Å². The third kappa shape index (κ3) is 2.45. The number of likely N-dealkylation sites (N-methyl/N-ethyl adjacent to an activating group) is 1. The van der Waals surface area contributed by atoms with Crippen LogP contribution in [-0.2, 0) is 0 Å². The van der Waals surface area contributed by atoms with Gasteiger partial charge < -0.3 is 10.6 Å². The fourth-order valence-electron chi connectivity index (χ4n) is 1.78. The Bertz CT molecular complexity index is 318. The summed E-state index contributed by atoms with van der Waals surface area (Å²) >= 11 is 1.49. The summed E-state index contributed by atoms with van der Waals surface area (Å²) in [7, 11) is 2.16. The molecule has 5 nitrogen and oxygen atoms in total. The summed E-state index contributed by atoms with van der Waals surface area (Å²) in [6, 6.07) is 0.341. The highest BCUT2D eigenvalue weighted by Gasteiger charge is 2.22. The van der Waals surface area contributed by atoms with E-state index < -0.39 is 0 Å². The van der Waals surface area contributed by atoms with Gasteiger partial charge in [-0.1, -0.05) is 11.3 Å². The molecule has 1 aromatic heterocycles. The lowest BCUT2D eigenvalue weighted by Gasteiger charge is -2.35. The molecule has 1 aromatic rings. The fraction of sp³-hybridized carbons (Fsp3) is 0.778. The van der Waals surface area contributed by atoms with Crippen molar-refractivity contribution >= 4 is 16.5 Å². The molecule has 0 radical (unpaired) electrons. The zero-order valence-electron chi connectivity index (χ0n) is 9.18. The van der Waals surface area contributed by atoms with Gasteiger partial charge in [-0.3, -0.25) is 4.90 Å². The maximum absolute atomic E-state index is 5.59. The predicted octanol–water partition coefficient (Wildman–Crippen LogP) is 0.429. The number of nitrogen functional groups attached to an aromatic ring is 1. The van der Waals surface area contributed by atoms with Gasteiger partial charge >= 0.3 is 0 Å². The van der Waals surface area contributed by atoms with Crippen LogP contribution in [0.4, 0.5) is 5.13 Å². The minimum Gasteiger partial charge on any atom is -0.374 e. The third-order valence-electron chi connectivity index (χ3n) is 2.90. The van der Waals surface area contributed by atoms with Gasteiger partial charge in [0.25, 0.3) is 0 Å². The van der Waals surface area contributed by atoms with Crippen LogP contribution in [0.1, 0.15) is 18.0 Å². The largest absolute Gasteiger partial charge is 0.374 e. The van der Waals surface area contributed by atoms with Crippen molar-refractivity contribution in [2.75, 3.05) is 39.0 Å². The topological polar surface area (TPSA) is 58.3 Å². The van der Waals surface area contributed by atoms with Gasteiger partial charge in [-0.25, -0.2) is 0 Å². The average molecular weight is 227 g/mol. The standard InChI is InChI=1S/C9H17N5S/c1-7(8-11-12-9(10)15-8)14-5-3-13(2)4-6-14/h7H,3-6H2,1-2H3,(H2,10,12). The van der Waals surface area contributed by atoms with Crippen LogP contribution in [0.3, 0.4) is 0 Å². The number of aromatic nitrogens is 2. The molecular weight excluding hydrogens is 210 g/mol. The summed E-state index contributed by atoms with van der Waals surface area (Å²) in [5.74, 6) is 0. The highest BCUT2D eigenvalue weighted by Crippen LogP contribution is 2.24. The highest BCUT2D eigenvalue weighted by molar-refractivity contribution is 7.15. The second-order valence-electron chi connectivity index (χ2n) is 3.99. The molecule has 0 saturated carbocycles. The molecule has 0 amide bonds. The molecule has 15 heavy (non-hydrogen) atoms. The number of hydrogen-bond acceptors (Lipinski definition) is 6. The summed E-state index contributed by atoms with van der Waals surface area (Å²) in [5.41, 5.74) is 5.59. The fourth-order valence-corrected chi connectivity index (χ4v) is 2.48.